The van der Waals surface area contributed by atoms with Crippen molar-refractivity contribution in [2.45, 2.75) is 32.3 Å². The summed E-state index contributed by atoms with van der Waals surface area (Å²) in [6.07, 6.45) is 2.19. The summed E-state index contributed by atoms with van der Waals surface area (Å²) in [4.78, 5) is 0. The van der Waals surface area contributed by atoms with Crippen molar-refractivity contribution in [1.29, 1.82) is 0 Å². The maximum atomic E-state index is 13.5. The smallest absolute Gasteiger partial charge is 0.127 e. The lowest BCUT2D eigenvalue weighted by Gasteiger charge is -2.18. The second-order valence-electron chi connectivity index (χ2n) is 4.45. The molecule has 0 saturated heterocycles. The summed E-state index contributed by atoms with van der Waals surface area (Å²) >= 11 is 5.68. The fourth-order valence-electron chi connectivity index (χ4n) is 1.95. The van der Waals surface area contributed by atoms with Crippen LogP contribution in [0.15, 0.2) is 18.2 Å². The Labute approximate surface area is 93.9 Å². The van der Waals surface area contributed by atoms with Crippen LogP contribution in [0.25, 0.3) is 0 Å². The molecule has 2 rings (SSSR count). The molecule has 0 radical (unpaired) electrons. The highest BCUT2D eigenvalue weighted by molar-refractivity contribution is 6.30. The largest absolute Gasteiger partial charge is 0.393 e. The Morgan fingerprint density at radius 3 is 2.67 bits per heavy atom. The Balaban J connectivity index is 2.18. The molecule has 1 aliphatic carbocycles. The summed E-state index contributed by atoms with van der Waals surface area (Å²) in [5.74, 6) is -0.269. The van der Waals surface area contributed by atoms with Crippen LogP contribution in [-0.4, -0.2) is 11.2 Å². The second kappa shape index (κ2) is 3.76. The SMILES string of the molecule is CC(O)C1(Cc2ccc(Cl)cc2F)CC1. The number of halogens is 2. The molecule has 0 bridgehead atoms. The van der Waals surface area contributed by atoms with Gasteiger partial charge in [-0.25, -0.2) is 4.39 Å². The third-order valence-corrected chi connectivity index (χ3v) is 3.57. The fraction of sp³-hybridized carbons (Fsp3) is 0.500. The zero-order valence-corrected chi connectivity index (χ0v) is 9.39. The van der Waals surface area contributed by atoms with Gasteiger partial charge in [0.1, 0.15) is 5.82 Å². The lowest BCUT2D eigenvalue weighted by molar-refractivity contribution is 0.110. The van der Waals surface area contributed by atoms with Gasteiger partial charge in [-0.15, -0.1) is 0 Å². The number of benzene rings is 1. The summed E-state index contributed by atoms with van der Waals surface area (Å²) in [7, 11) is 0. The Hall–Kier alpha value is -0.600. The molecule has 0 aromatic heterocycles. The van der Waals surface area contributed by atoms with E-state index in [9.17, 15) is 9.50 Å². The van der Waals surface area contributed by atoms with E-state index in [4.69, 9.17) is 11.6 Å². The van der Waals surface area contributed by atoms with Crippen molar-refractivity contribution in [2.24, 2.45) is 5.41 Å². The van der Waals surface area contributed by atoms with Gasteiger partial charge in [0.25, 0.3) is 0 Å². The van der Waals surface area contributed by atoms with E-state index < -0.39 is 0 Å². The topological polar surface area (TPSA) is 20.2 Å². The van der Waals surface area contributed by atoms with Crippen LogP contribution in [0.3, 0.4) is 0 Å². The molecule has 1 nitrogen and oxygen atoms in total. The van der Waals surface area contributed by atoms with E-state index in [0.717, 1.165) is 12.8 Å². The Morgan fingerprint density at radius 1 is 1.53 bits per heavy atom. The van der Waals surface area contributed by atoms with Crippen LogP contribution < -0.4 is 0 Å². The Kier molecular flexibility index (Phi) is 2.73. The molecule has 1 fully saturated rings. The number of aliphatic hydroxyl groups is 1. The molecule has 3 heteroatoms. The van der Waals surface area contributed by atoms with Gasteiger partial charge >= 0.3 is 0 Å². The van der Waals surface area contributed by atoms with Gasteiger partial charge in [-0.1, -0.05) is 17.7 Å². The molecule has 1 aliphatic rings. The van der Waals surface area contributed by atoms with Gasteiger partial charge in [-0.05, 0) is 43.9 Å². The van der Waals surface area contributed by atoms with Crippen molar-refractivity contribution in [1.82, 2.24) is 0 Å². The standard InChI is InChI=1S/C12H14ClFO/c1-8(15)12(4-5-12)7-9-2-3-10(13)6-11(9)14/h2-3,6,8,15H,4-5,7H2,1H3. The van der Waals surface area contributed by atoms with Gasteiger partial charge < -0.3 is 5.11 Å². The zero-order chi connectivity index (χ0) is 11.1. The van der Waals surface area contributed by atoms with E-state index in [-0.39, 0.29) is 17.3 Å². The van der Waals surface area contributed by atoms with Gasteiger partial charge in [0.05, 0.1) is 6.10 Å². The van der Waals surface area contributed by atoms with E-state index in [1.165, 1.54) is 6.07 Å². The van der Waals surface area contributed by atoms with Crippen molar-refractivity contribution in [3.8, 4) is 0 Å². The molecule has 1 aromatic carbocycles. The van der Waals surface area contributed by atoms with E-state index in [0.29, 0.717) is 17.0 Å². The maximum Gasteiger partial charge on any atom is 0.127 e. The van der Waals surface area contributed by atoms with Crippen molar-refractivity contribution in [2.75, 3.05) is 0 Å². The molecule has 1 aromatic rings. The quantitative estimate of drug-likeness (QED) is 0.843. The first-order chi connectivity index (χ1) is 7.03. The van der Waals surface area contributed by atoms with Gasteiger partial charge in [-0.2, -0.15) is 0 Å². The van der Waals surface area contributed by atoms with Crippen LogP contribution in [-0.2, 0) is 6.42 Å². The zero-order valence-electron chi connectivity index (χ0n) is 8.63. The normalized spacial score (nSPS) is 20.0. The van der Waals surface area contributed by atoms with Crippen molar-refractivity contribution in [3.05, 3.63) is 34.6 Å². The first-order valence-corrected chi connectivity index (χ1v) is 5.53. The summed E-state index contributed by atoms with van der Waals surface area (Å²) in [6.45, 7) is 1.78. The van der Waals surface area contributed by atoms with Gasteiger partial charge in [0.15, 0.2) is 0 Å². The van der Waals surface area contributed by atoms with E-state index >= 15 is 0 Å². The molecule has 0 amide bonds. The number of rotatable bonds is 3. The summed E-state index contributed by atoms with van der Waals surface area (Å²) in [6, 6.07) is 4.73. The molecule has 0 aliphatic heterocycles. The first-order valence-electron chi connectivity index (χ1n) is 5.15. The average Bonchev–Trinajstić information content (AvgIpc) is 2.91. The van der Waals surface area contributed by atoms with Gasteiger partial charge in [0.2, 0.25) is 0 Å². The lowest BCUT2D eigenvalue weighted by atomic mass is 9.91. The minimum absolute atomic E-state index is 0.0886. The minimum Gasteiger partial charge on any atom is -0.393 e. The Bertz CT molecular complexity index is 372. The van der Waals surface area contributed by atoms with Crippen LogP contribution in [0.5, 0.6) is 0 Å². The third-order valence-electron chi connectivity index (χ3n) is 3.34. The van der Waals surface area contributed by atoms with E-state index in [1.54, 1.807) is 19.1 Å². The summed E-state index contributed by atoms with van der Waals surface area (Å²) in [5, 5.41) is 10.0. The van der Waals surface area contributed by atoms with E-state index in [1.807, 2.05) is 0 Å². The van der Waals surface area contributed by atoms with Crippen LogP contribution in [0, 0.1) is 11.2 Å². The summed E-state index contributed by atoms with van der Waals surface area (Å²) in [5.41, 5.74) is 0.562. The summed E-state index contributed by atoms with van der Waals surface area (Å²) < 4.78 is 13.5. The van der Waals surface area contributed by atoms with E-state index in [2.05, 4.69) is 0 Å². The molecule has 82 valence electrons. The monoisotopic (exact) mass is 228 g/mol. The minimum atomic E-state index is -0.368. The third kappa shape index (κ3) is 2.16. The van der Waals surface area contributed by atoms with Crippen LogP contribution in [0.2, 0.25) is 5.02 Å². The molecule has 0 spiro atoms. The maximum absolute atomic E-state index is 13.5. The Morgan fingerprint density at radius 2 is 2.20 bits per heavy atom. The van der Waals surface area contributed by atoms with Gasteiger partial charge in [0, 0.05) is 10.4 Å². The van der Waals surface area contributed by atoms with Gasteiger partial charge in [-0.3, -0.25) is 0 Å². The highest BCUT2D eigenvalue weighted by Gasteiger charge is 2.46. The number of hydrogen-bond acceptors (Lipinski definition) is 1. The first kappa shape index (κ1) is 10.9. The van der Waals surface area contributed by atoms with Crippen molar-refractivity contribution < 1.29 is 9.50 Å². The van der Waals surface area contributed by atoms with Crippen molar-refractivity contribution >= 4 is 11.6 Å². The number of hydrogen-bond donors (Lipinski definition) is 1. The fourth-order valence-corrected chi connectivity index (χ4v) is 2.11. The van der Waals surface area contributed by atoms with Crippen LogP contribution >= 0.6 is 11.6 Å². The second-order valence-corrected chi connectivity index (χ2v) is 4.89. The molecular weight excluding hydrogens is 215 g/mol. The van der Waals surface area contributed by atoms with Crippen LogP contribution in [0.1, 0.15) is 25.3 Å². The molecule has 15 heavy (non-hydrogen) atoms. The highest BCUT2D eigenvalue weighted by atomic mass is 35.5. The molecule has 1 saturated carbocycles. The predicted molar refractivity (Wildman–Crippen MR) is 58.5 cm³/mol. The average molecular weight is 229 g/mol. The lowest BCUT2D eigenvalue weighted by Crippen LogP contribution is -2.21. The predicted octanol–water partition coefficient (Wildman–Crippen LogP) is 3.18. The number of aliphatic hydroxyl groups excluding tert-OH is 1. The van der Waals surface area contributed by atoms with Crippen LogP contribution in [0.4, 0.5) is 4.39 Å². The molecule has 1 unspecified atom stereocenters. The molecule has 0 heterocycles. The molecule has 1 atom stereocenters. The highest BCUT2D eigenvalue weighted by Crippen LogP contribution is 2.51. The molecular formula is C12H14ClFO. The molecule has 1 N–H and O–H groups in total. The van der Waals surface area contributed by atoms with Crippen molar-refractivity contribution in [3.63, 3.8) is 0 Å².